The number of carbonyl (C=O) groups is 1. The van der Waals surface area contributed by atoms with Crippen molar-refractivity contribution in [3.8, 4) is 0 Å². The predicted octanol–water partition coefficient (Wildman–Crippen LogP) is 7.70. The normalized spacial score (nSPS) is 16.4. The molecule has 1 amide bonds. The van der Waals surface area contributed by atoms with Gasteiger partial charge in [0.15, 0.2) is 0 Å². The Balaban J connectivity index is 1.78. The molecule has 1 aromatic heterocycles. The van der Waals surface area contributed by atoms with Crippen LogP contribution in [0.1, 0.15) is 53.8 Å². The van der Waals surface area contributed by atoms with Gasteiger partial charge < -0.3 is 14.3 Å². The van der Waals surface area contributed by atoms with Crippen molar-refractivity contribution in [3.05, 3.63) is 75.4 Å². The number of aryl methyl sites for hydroxylation is 1. The molecule has 0 N–H and O–H groups in total. The summed E-state index contributed by atoms with van der Waals surface area (Å²) in [4.78, 5) is 15.9. The first-order chi connectivity index (χ1) is 17.2. The molecule has 1 atom stereocenters. The van der Waals surface area contributed by atoms with Crippen molar-refractivity contribution in [2.24, 2.45) is 0 Å². The van der Waals surface area contributed by atoms with E-state index in [1.54, 1.807) is 31.2 Å². The number of amides is 1. The van der Waals surface area contributed by atoms with Gasteiger partial charge in [-0.15, -0.1) is 0 Å². The van der Waals surface area contributed by atoms with E-state index in [0.29, 0.717) is 59.4 Å². The zero-order valence-corrected chi connectivity index (χ0v) is 20.5. The molecule has 37 heavy (non-hydrogen) atoms. The lowest BCUT2D eigenvalue weighted by Crippen LogP contribution is -2.33. The molecule has 12 heteroatoms. The van der Waals surface area contributed by atoms with Gasteiger partial charge in [-0.1, -0.05) is 22.8 Å². The summed E-state index contributed by atoms with van der Waals surface area (Å²) in [5.74, 6) is -0.0513. The first-order valence-corrected chi connectivity index (χ1v) is 11.7. The summed E-state index contributed by atoms with van der Waals surface area (Å²) < 4.78 is 85.8. The fourth-order valence-electron chi connectivity index (χ4n) is 4.53. The predicted molar refractivity (Wildman–Crippen MR) is 124 cm³/mol. The molecule has 0 bridgehead atoms. The fourth-order valence-corrected chi connectivity index (χ4v) is 4.70. The molecular weight excluding hydrogens is 524 g/mol. The quantitative estimate of drug-likeness (QED) is 0.315. The highest BCUT2D eigenvalue weighted by atomic mass is 35.5. The van der Waals surface area contributed by atoms with Crippen LogP contribution in [-0.4, -0.2) is 22.5 Å². The van der Waals surface area contributed by atoms with Crippen molar-refractivity contribution in [2.45, 2.75) is 51.6 Å². The summed E-state index contributed by atoms with van der Waals surface area (Å²) in [6, 6.07) is 7.46. The van der Waals surface area contributed by atoms with E-state index in [2.05, 4.69) is 5.16 Å². The van der Waals surface area contributed by atoms with Gasteiger partial charge in [0.2, 0.25) is 11.8 Å². The van der Waals surface area contributed by atoms with E-state index in [1.165, 1.54) is 11.8 Å². The topological polar surface area (TPSA) is 49.6 Å². The smallest absolute Gasteiger partial charge is 0.338 e. The van der Waals surface area contributed by atoms with Crippen LogP contribution >= 0.6 is 11.6 Å². The molecule has 0 saturated carbocycles. The van der Waals surface area contributed by atoms with E-state index in [1.807, 2.05) is 4.90 Å². The van der Waals surface area contributed by atoms with Gasteiger partial charge in [-0.25, -0.2) is 0 Å². The summed E-state index contributed by atoms with van der Waals surface area (Å²) in [5, 5.41) is 4.32. The zero-order valence-electron chi connectivity index (χ0n) is 19.8. The van der Waals surface area contributed by atoms with Crippen LogP contribution in [0.3, 0.4) is 0 Å². The number of nitrogens with zero attached hydrogens (tertiary/aromatic N) is 3. The van der Waals surface area contributed by atoms with Gasteiger partial charge in [-0.05, 0) is 61.2 Å². The molecule has 198 valence electrons. The second kappa shape index (κ2) is 9.92. The van der Waals surface area contributed by atoms with Crippen molar-refractivity contribution in [1.82, 2.24) is 10.1 Å². The number of anilines is 2. The third-order valence-corrected chi connectivity index (χ3v) is 6.40. The third-order valence-electron chi connectivity index (χ3n) is 6.16. The first-order valence-electron chi connectivity index (χ1n) is 11.3. The summed E-state index contributed by atoms with van der Waals surface area (Å²) in [6.45, 7) is 3.01. The average molecular weight is 546 g/mol. The lowest BCUT2D eigenvalue weighted by atomic mass is 9.98. The van der Waals surface area contributed by atoms with Crippen LogP contribution in [0, 0.1) is 6.92 Å². The molecule has 2 aromatic carbocycles. The SMILES string of the molecule is CC(=O)N(Cc1cc(C(F)(F)F)cc(C(F)(F)F)c1)C1CCCN(c2cc(C)no2)c2cc(Cl)ccc21. The Morgan fingerprint density at radius 2 is 1.73 bits per heavy atom. The van der Waals surface area contributed by atoms with Gasteiger partial charge in [0, 0.05) is 31.1 Å². The van der Waals surface area contributed by atoms with Crippen LogP contribution in [0.15, 0.2) is 47.0 Å². The van der Waals surface area contributed by atoms with Crippen LogP contribution in [0.2, 0.25) is 5.02 Å². The molecule has 0 fully saturated rings. The Morgan fingerprint density at radius 1 is 1.08 bits per heavy atom. The number of aromatic nitrogens is 1. The standard InChI is InChI=1S/C25H22ClF6N3O2/c1-14-8-23(37-33-14)34-7-3-4-21(20-6-5-19(26)12-22(20)34)35(15(2)36)13-16-9-17(24(27,28)29)11-18(10-16)25(30,31)32/h5-6,8-12,21H,3-4,7,13H2,1-2H3. The minimum Gasteiger partial charge on any atom is -0.338 e. The molecule has 0 aliphatic carbocycles. The monoisotopic (exact) mass is 545 g/mol. The van der Waals surface area contributed by atoms with Crippen molar-refractivity contribution >= 4 is 29.1 Å². The van der Waals surface area contributed by atoms with E-state index in [0.717, 1.165) is 0 Å². The molecule has 1 unspecified atom stereocenters. The van der Waals surface area contributed by atoms with E-state index in [9.17, 15) is 31.1 Å². The van der Waals surface area contributed by atoms with Crippen LogP contribution in [0.4, 0.5) is 37.9 Å². The Labute approximate surface area is 213 Å². The number of hydrogen-bond acceptors (Lipinski definition) is 4. The molecule has 1 aliphatic heterocycles. The number of hydrogen-bond donors (Lipinski definition) is 0. The summed E-state index contributed by atoms with van der Waals surface area (Å²) in [7, 11) is 0. The highest BCUT2D eigenvalue weighted by Gasteiger charge is 2.38. The maximum absolute atomic E-state index is 13.4. The minimum absolute atomic E-state index is 0.0712. The highest BCUT2D eigenvalue weighted by molar-refractivity contribution is 6.30. The first kappa shape index (κ1) is 26.8. The Morgan fingerprint density at radius 3 is 2.27 bits per heavy atom. The molecule has 0 radical (unpaired) electrons. The van der Waals surface area contributed by atoms with Crippen molar-refractivity contribution in [1.29, 1.82) is 0 Å². The van der Waals surface area contributed by atoms with Gasteiger partial charge in [0.25, 0.3) is 0 Å². The largest absolute Gasteiger partial charge is 0.416 e. The maximum Gasteiger partial charge on any atom is 0.416 e. The zero-order chi connectivity index (χ0) is 27.1. The number of carbonyl (C=O) groups excluding carboxylic acids is 1. The van der Waals surface area contributed by atoms with E-state index < -0.39 is 42.0 Å². The van der Waals surface area contributed by atoms with E-state index >= 15 is 0 Å². The molecule has 5 nitrogen and oxygen atoms in total. The van der Waals surface area contributed by atoms with Crippen molar-refractivity contribution in [2.75, 3.05) is 11.4 Å². The second-order valence-corrected chi connectivity index (χ2v) is 9.32. The molecule has 0 saturated heterocycles. The average Bonchev–Trinajstić information content (AvgIpc) is 3.14. The Kier molecular flexibility index (Phi) is 7.20. The van der Waals surface area contributed by atoms with Crippen LogP contribution in [-0.2, 0) is 23.7 Å². The van der Waals surface area contributed by atoms with Gasteiger partial charge >= 0.3 is 12.4 Å². The fraction of sp³-hybridized carbons (Fsp3) is 0.360. The number of rotatable bonds is 4. The number of fused-ring (bicyclic) bond motifs is 1. The Bertz CT molecular complexity index is 1270. The molecule has 4 rings (SSSR count). The van der Waals surface area contributed by atoms with Crippen LogP contribution < -0.4 is 4.90 Å². The van der Waals surface area contributed by atoms with Crippen LogP contribution in [0.5, 0.6) is 0 Å². The van der Waals surface area contributed by atoms with Crippen molar-refractivity contribution in [3.63, 3.8) is 0 Å². The van der Waals surface area contributed by atoms with Gasteiger partial charge in [0.05, 0.1) is 28.6 Å². The van der Waals surface area contributed by atoms with Crippen molar-refractivity contribution < 1.29 is 35.7 Å². The van der Waals surface area contributed by atoms with E-state index in [-0.39, 0.29) is 11.6 Å². The second-order valence-electron chi connectivity index (χ2n) is 8.88. The van der Waals surface area contributed by atoms with Crippen LogP contribution in [0.25, 0.3) is 0 Å². The molecular formula is C25H22ClF6N3O2. The molecule has 1 aliphatic rings. The Hall–Kier alpha value is -3.21. The number of benzene rings is 2. The summed E-state index contributed by atoms with van der Waals surface area (Å²) in [5.41, 5.74) is -1.25. The molecule has 0 spiro atoms. The highest BCUT2D eigenvalue weighted by Crippen LogP contribution is 2.43. The molecule has 3 aromatic rings. The lowest BCUT2D eigenvalue weighted by Gasteiger charge is -2.32. The number of alkyl halides is 6. The number of halogens is 7. The maximum atomic E-state index is 13.4. The summed E-state index contributed by atoms with van der Waals surface area (Å²) in [6.07, 6.45) is -9.03. The minimum atomic E-state index is -4.99. The van der Waals surface area contributed by atoms with E-state index in [4.69, 9.17) is 16.1 Å². The van der Waals surface area contributed by atoms with Gasteiger partial charge in [-0.3, -0.25) is 4.79 Å². The van der Waals surface area contributed by atoms with Gasteiger partial charge in [0.1, 0.15) is 0 Å². The molecule has 2 heterocycles. The van der Waals surface area contributed by atoms with Gasteiger partial charge in [-0.2, -0.15) is 26.3 Å². The third kappa shape index (κ3) is 5.87. The lowest BCUT2D eigenvalue weighted by molar-refractivity contribution is -0.143. The summed E-state index contributed by atoms with van der Waals surface area (Å²) >= 11 is 6.26.